The van der Waals surface area contributed by atoms with Crippen LogP contribution in [0.1, 0.15) is 25.1 Å². The number of aromatic nitrogens is 1. The summed E-state index contributed by atoms with van der Waals surface area (Å²) in [4.78, 5) is 31.1. The van der Waals surface area contributed by atoms with Crippen LogP contribution in [0.15, 0.2) is 36.5 Å². The molecule has 2 atom stereocenters. The minimum atomic E-state index is -0.943. The fourth-order valence-electron chi connectivity index (χ4n) is 3.55. The fraction of sp³-hybridized carbons (Fsp3) is 0.381. The van der Waals surface area contributed by atoms with Gasteiger partial charge in [-0.2, -0.15) is 0 Å². The van der Waals surface area contributed by atoms with Crippen LogP contribution in [-0.2, 0) is 6.54 Å². The van der Waals surface area contributed by atoms with Crippen LogP contribution >= 0.6 is 0 Å². The predicted molar refractivity (Wildman–Crippen MR) is 112 cm³/mol. The van der Waals surface area contributed by atoms with Gasteiger partial charge in [0, 0.05) is 43.0 Å². The van der Waals surface area contributed by atoms with E-state index in [0.29, 0.717) is 30.9 Å². The van der Waals surface area contributed by atoms with Crippen LogP contribution in [0.4, 0.5) is 25.4 Å². The number of hydrogen-bond donors (Lipinski definition) is 3. The molecule has 9 heteroatoms. The number of carbonyl (C=O) groups excluding carboxylic acids is 1. The number of rotatable bonds is 4. The topological polar surface area (TPSA) is 97.8 Å². The minimum Gasteiger partial charge on any atom is -0.465 e. The lowest BCUT2D eigenvalue weighted by Gasteiger charge is -2.43. The molecular formula is C21H26FN5O3. The molecular weight excluding hydrogens is 389 g/mol. The summed E-state index contributed by atoms with van der Waals surface area (Å²) in [6, 6.07) is 7.51. The van der Waals surface area contributed by atoms with Gasteiger partial charge in [-0.05, 0) is 39.0 Å². The summed E-state index contributed by atoms with van der Waals surface area (Å²) in [6.45, 7) is 6.83. The number of pyridine rings is 1. The van der Waals surface area contributed by atoms with Gasteiger partial charge in [0.1, 0.15) is 0 Å². The highest BCUT2D eigenvalue weighted by Crippen LogP contribution is 2.24. The van der Waals surface area contributed by atoms with E-state index < -0.39 is 17.9 Å². The van der Waals surface area contributed by atoms with Crippen LogP contribution < -0.4 is 10.6 Å². The smallest absolute Gasteiger partial charge is 0.407 e. The molecule has 1 aliphatic rings. The Labute approximate surface area is 174 Å². The summed E-state index contributed by atoms with van der Waals surface area (Å²) in [7, 11) is 0. The third kappa shape index (κ3) is 4.85. The summed E-state index contributed by atoms with van der Waals surface area (Å²) in [6.07, 6.45) is 0.585. The highest BCUT2D eigenvalue weighted by Gasteiger charge is 2.33. The Morgan fingerprint density at radius 2 is 1.93 bits per heavy atom. The standard InChI is InChI=1S/C21H26FN5O3/c1-13-7-8-17(11-23-13)24-20(28)25-18-6-4-5-16(19(18)22)12-26-9-10-27(21(29)30)15(3)14(26)2/h4-8,11,14-15H,9-10,12H2,1-3H3,(H,29,30)(H2,24,25,28)/t14-,15?/m1/s1. The van der Waals surface area contributed by atoms with E-state index in [2.05, 4.69) is 15.6 Å². The molecule has 3 amide bonds. The third-order valence-electron chi connectivity index (χ3n) is 5.51. The maximum atomic E-state index is 15.0. The van der Waals surface area contributed by atoms with Crippen molar-refractivity contribution >= 4 is 23.5 Å². The Bertz CT molecular complexity index is 921. The molecule has 1 aromatic carbocycles. The molecule has 0 spiro atoms. The van der Waals surface area contributed by atoms with Crippen molar-refractivity contribution in [1.29, 1.82) is 0 Å². The maximum Gasteiger partial charge on any atom is 0.407 e. The zero-order chi connectivity index (χ0) is 21.8. The number of urea groups is 1. The second-order valence-electron chi connectivity index (χ2n) is 7.47. The number of benzene rings is 1. The lowest BCUT2D eigenvalue weighted by molar-refractivity contribution is 0.0335. The van der Waals surface area contributed by atoms with Crippen LogP contribution in [0.3, 0.4) is 0 Å². The van der Waals surface area contributed by atoms with E-state index in [1.807, 2.05) is 25.7 Å². The Morgan fingerprint density at radius 3 is 2.60 bits per heavy atom. The van der Waals surface area contributed by atoms with Gasteiger partial charge in [-0.3, -0.25) is 9.88 Å². The van der Waals surface area contributed by atoms with Gasteiger partial charge in [0.05, 0.1) is 17.6 Å². The molecule has 1 fully saturated rings. The molecule has 1 unspecified atom stereocenters. The van der Waals surface area contributed by atoms with Gasteiger partial charge < -0.3 is 20.6 Å². The van der Waals surface area contributed by atoms with E-state index >= 15 is 4.39 Å². The molecule has 0 bridgehead atoms. The van der Waals surface area contributed by atoms with E-state index in [0.717, 1.165) is 5.69 Å². The molecule has 160 valence electrons. The zero-order valence-corrected chi connectivity index (χ0v) is 17.2. The second-order valence-corrected chi connectivity index (χ2v) is 7.47. The summed E-state index contributed by atoms with van der Waals surface area (Å²) in [5, 5.41) is 14.4. The van der Waals surface area contributed by atoms with Gasteiger partial charge in [-0.1, -0.05) is 12.1 Å². The highest BCUT2D eigenvalue weighted by molar-refractivity contribution is 5.99. The van der Waals surface area contributed by atoms with Crippen molar-refractivity contribution in [2.45, 2.75) is 39.4 Å². The molecule has 1 aromatic heterocycles. The molecule has 0 radical (unpaired) electrons. The quantitative estimate of drug-likeness (QED) is 0.707. The number of halogens is 1. The van der Waals surface area contributed by atoms with E-state index in [9.17, 15) is 14.7 Å². The van der Waals surface area contributed by atoms with Gasteiger partial charge in [0.15, 0.2) is 5.82 Å². The summed E-state index contributed by atoms with van der Waals surface area (Å²) in [5.41, 5.74) is 1.85. The van der Waals surface area contributed by atoms with Crippen molar-refractivity contribution in [2.24, 2.45) is 0 Å². The first-order chi connectivity index (χ1) is 14.3. The van der Waals surface area contributed by atoms with Crippen LogP contribution in [0.2, 0.25) is 0 Å². The van der Waals surface area contributed by atoms with Gasteiger partial charge in [0.25, 0.3) is 0 Å². The Balaban J connectivity index is 1.67. The van der Waals surface area contributed by atoms with Crippen molar-refractivity contribution in [3.05, 3.63) is 53.6 Å². The predicted octanol–water partition coefficient (Wildman–Crippen LogP) is 3.75. The summed E-state index contributed by atoms with van der Waals surface area (Å²) < 4.78 is 15.0. The number of piperazine rings is 1. The number of hydrogen-bond acceptors (Lipinski definition) is 4. The van der Waals surface area contributed by atoms with Crippen LogP contribution in [0.25, 0.3) is 0 Å². The van der Waals surface area contributed by atoms with Crippen molar-refractivity contribution < 1.29 is 19.1 Å². The Hall–Kier alpha value is -3.20. The van der Waals surface area contributed by atoms with Gasteiger partial charge >= 0.3 is 12.1 Å². The summed E-state index contributed by atoms with van der Waals surface area (Å²) in [5.74, 6) is -0.504. The van der Waals surface area contributed by atoms with E-state index in [4.69, 9.17) is 0 Å². The molecule has 1 saturated heterocycles. The number of nitrogens with zero attached hydrogens (tertiary/aromatic N) is 3. The van der Waals surface area contributed by atoms with Gasteiger partial charge in [0.2, 0.25) is 0 Å². The van der Waals surface area contributed by atoms with E-state index in [1.165, 1.54) is 17.2 Å². The fourth-order valence-corrected chi connectivity index (χ4v) is 3.55. The normalized spacial score (nSPS) is 19.4. The molecule has 3 N–H and O–H groups in total. The SMILES string of the molecule is Cc1ccc(NC(=O)Nc2cccc(CN3CCN(C(=O)O)C(C)[C@H]3C)c2F)cn1. The van der Waals surface area contributed by atoms with E-state index in [-0.39, 0.29) is 17.8 Å². The van der Waals surface area contributed by atoms with Crippen molar-refractivity contribution in [1.82, 2.24) is 14.8 Å². The average Bonchev–Trinajstić information content (AvgIpc) is 2.70. The van der Waals surface area contributed by atoms with Crippen molar-refractivity contribution in [3.8, 4) is 0 Å². The number of carbonyl (C=O) groups is 2. The van der Waals surface area contributed by atoms with Crippen LogP contribution in [-0.4, -0.2) is 57.2 Å². The minimum absolute atomic E-state index is 0.0665. The molecule has 2 aromatic rings. The molecule has 1 aliphatic heterocycles. The van der Waals surface area contributed by atoms with Gasteiger partial charge in [-0.15, -0.1) is 0 Å². The lowest BCUT2D eigenvalue weighted by atomic mass is 10.0. The number of anilines is 2. The largest absolute Gasteiger partial charge is 0.465 e. The summed E-state index contributed by atoms with van der Waals surface area (Å²) >= 11 is 0. The number of nitrogens with one attached hydrogen (secondary N) is 2. The Kier molecular flexibility index (Phi) is 6.51. The van der Waals surface area contributed by atoms with Gasteiger partial charge in [-0.25, -0.2) is 14.0 Å². The molecule has 0 saturated carbocycles. The van der Waals surface area contributed by atoms with Crippen LogP contribution in [0, 0.1) is 12.7 Å². The molecule has 30 heavy (non-hydrogen) atoms. The lowest BCUT2D eigenvalue weighted by Crippen LogP contribution is -2.58. The number of carboxylic acid groups (broad SMARTS) is 1. The molecule has 2 heterocycles. The molecule has 3 rings (SSSR count). The van der Waals surface area contributed by atoms with Crippen molar-refractivity contribution in [2.75, 3.05) is 23.7 Å². The monoisotopic (exact) mass is 415 g/mol. The molecule has 0 aliphatic carbocycles. The second kappa shape index (κ2) is 9.08. The van der Waals surface area contributed by atoms with Crippen molar-refractivity contribution in [3.63, 3.8) is 0 Å². The highest BCUT2D eigenvalue weighted by atomic mass is 19.1. The van der Waals surface area contributed by atoms with E-state index in [1.54, 1.807) is 24.3 Å². The first kappa shape index (κ1) is 21.5. The Morgan fingerprint density at radius 1 is 1.17 bits per heavy atom. The first-order valence-electron chi connectivity index (χ1n) is 9.78. The first-order valence-corrected chi connectivity index (χ1v) is 9.78. The zero-order valence-electron chi connectivity index (χ0n) is 17.2. The molecule has 8 nitrogen and oxygen atoms in total. The van der Waals surface area contributed by atoms with Crippen LogP contribution in [0.5, 0.6) is 0 Å². The average molecular weight is 415 g/mol. The maximum absolute atomic E-state index is 15.0. The number of amides is 3. The third-order valence-corrected chi connectivity index (χ3v) is 5.51. The number of aryl methyl sites for hydroxylation is 1.